The number of carbonyl (C=O) groups excluding carboxylic acids is 1. The van der Waals surface area contributed by atoms with Gasteiger partial charge in [0.2, 0.25) is 0 Å². The predicted molar refractivity (Wildman–Crippen MR) is 54.1 cm³/mol. The van der Waals surface area contributed by atoms with Crippen LogP contribution in [0.4, 0.5) is 13.2 Å². The Kier molecular flexibility index (Phi) is 4.37. The summed E-state index contributed by atoms with van der Waals surface area (Å²) in [5.74, 6) is -0.0922. The van der Waals surface area contributed by atoms with Crippen LogP contribution in [0.2, 0.25) is 0 Å². The van der Waals surface area contributed by atoms with Crippen LogP contribution in [0.25, 0.3) is 0 Å². The lowest BCUT2D eigenvalue weighted by molar-refractivity contribution is -0.274. The van der Waals surface area contributed by atoms with Gasteiger partial charge in [0.25, 0.3) is 0 Å². The average molecular weight is 248 g/mol. The third kappa shape index (κ3) is 4.76. The molecule has 0 unspecified atom stereocenters. The smallest absolute Gasteiger partial charge is 0.497 e. The van der Waals surface area contributed by atoms with E-state index in [9.17, 15) is 18.0 Å². The summed E-state index contributed by atoms with van der Waals surface area (Å²) < 4.78 is 44.8. The molecule has 0 spiro atoms. The van der Waals surface area contributed by atoms with Gasteiger partial charge in [-0.2, -0.15) is 0 Å². The van der Waals surface area contributed by atoms with Gasteiger partial charge in [-0.25, -0.2) is 0 Å². The summed E-state index contributed by atoms with van der Waals surface area (Å²) in [6.07, 6.45) is -3.47. The molecule has 17 heavy (non-hydrogen) atoms. The molecule has 6 heteroatoms. The van der Waals surface area contributed by atoms with Gasteiger partial charge in [0, 0.05) is 12.5 Å². The molecule has 0 heterocycles. The van der Waals surface area contributed by atoms with Crippen LogP contribution >= 0.6 is 0 Å². The Hall–Kier alpha value is -1.72. The summed E-state index contributed by atoms with van der Waals surface area (Å²) in [7, 11) is 1.34. The van der Waals surface area contributed by atoms with E-state index in [0.29, 0.717) is 18.3 Å². The molecule has 0 radical (unpaired) electrons. The molecule has 1 aromatic carbocycles. The van der Waals surface area contributed by atoms with E-state index in [1.165, 1.54) is 13.2 Å². The monoisotopic (exact) mass is 248 g/mol. The SMILES string of the molecule is COc1cc(CCC=O)cc(OC(F)(F)F)c1. The van der Waals surface area contributed by atoms with E-state index in [1.807, 2.05) is 0 Å². The first kappa shape index (κ1) is 13.3. The maximum Gasteiger partial charge on any atom is 0.573 e. The number of methoxy groups -OCH3 is 1. The normalized spacial score (nSPS) is 11.1. The fourth-order valence-electron chi connectivity index (χ4n) is 1.31. The molecule has 3 nitrogen and oxygen atoms in total. The molecular weight excluding hydrogens is 237 g/mol. The van der Waals surface area contributed by atoms with E-state index >= 15 is 0 Å². The van der Waals surface area contributed by atoms with Crippen molar-refractivity contribution in [1.29, 1.82) is 0 Å². The number of ether oxygens (including phenoxy) is 2. The number of aryl methyl sites for hydroxylation is 1. The van der Waals surface area contributed by atoms with E-state index in [1.54, 1.807) is 6.07 Å². The Morgan fingerprint density at radius 1 is 1.24 bits per heavy atom. The number of aldehydes is 1. The Morgan fingerprint density at radius 2 is 1.88 bits per heavy atom. The van der Waals surface area contributed by atoms with Gasteiger partial charge in [-0.1, -0.05) is 0 Å². The predicted octanol–water partition coefficient (Wildman–Crippen LogP) is 2.73. The first-order chi connectivity index (χ1) is 7.94. The Morgan fingerprint density at radius 3 is 2.41 bits per heavy atom. The number of carbonyl (C=O) groups is 1. The van der Waals surface area contributed by atoms with E-state index < -0.39 is 6.36 Å². The van der Waals surface area contributed by atoms with Crippen molar-refractivity contribution in [3.63, 3.8) is 0 Å². The van der Waals surface area contributed by atoms with Gasteiger partial charge >= 0.3 is 6.36 Å². The summed E-state index contributed by atoms with van der Waals surface area (Å²) in [5, 5.41) is 0. The minimum absolute atomic E-state index is 0.235. The average Bonchev–Trinajstić information content (AvgIpc) is 2.23. The van der Waals surface area contributed by atoms with Gasteiger partial charge in [-0.15, -0.1) is 13.2 Å². The van der Waals surface area contributed by atoms with Crippen molar-refractivity contribution in [2.45, 2.75) is 19.2 Å². The second-order valence-electron chi connectivity index (χ2n) is 3.27. The van der Waals surface area contributed by atoms with Crippen molar-refractivity contribution in [2.24, 2.45) is 0 Å². The summed E-state index contributed by atoms with van der Waals surface area (Å²) in [5.41, 5.74) is 0.552. The number of hydrogen-bond donors (Lipinski definition) is 0. The van der Waals surface area contributed by atoms with Crippen molar-refractivity contribution >= 4 is 6.29 Å². The summed E-state index contributed by atoms with van der Waals surface area (Å²) in [4.78, 5) is 10.2. The molecule has 0 saturated carbocycles. The number of rotatable bonds is 5. The van der Waals surface area contributed by atoms with Crippen LogP contribution in [-0.2, 0) is 11.2 Å². The topological polar surface area (TPSA) is 35.5 Å². The Balaban J connectivity index is 2.92. The van der Waals surface area contributed by atoms with Crippen LogP contribution in [0, 0.1) is 0 Å². The van der Waals surface area contributed by atoms with Crippen LogP contribution in [0.1, 0.15) is 12.0 Å². The van der Waals surface area contributed by atoms with Crippen LogP contribution in [0.5, 0.6) is 11.5 Å². The summed E-state index contributed by atoms with van der Waals surface area (Å²) in [6, 6.07) is 3.93. The molecule has 0 aliphatic carbocycles. The first-order valence-electron chi connectivity index (χ1n) is 4.82. The molecule has 0 atom stereocenters. The van der Waals surface area contributed by atoms with Gasteiger partial charge in [-0.05, 0) is 24.1 Å². The molecular formula is C11H11F3O3. The molecule has 0 N–H and O–H groups in total. The highest BCUT2D eigenvalue weighted by atomic mass is 19.4. The fourth-order valence-corrected chi connectivity index (χ4v) is 1.31. The molecule has 94 valence electrons. The van der Waals surface area contributed by atoms with Crippen molar-refractivity contribution in [3.8, 4) is 11.5 Å². The molecule has 0 aromatic heterocycles. The van der Waals surface area contributed by atoms with Crippen LogP contribution in [0.3, 0.4) is 0 Å². The van der Waals surface area contributed by atoms with Gasteiger partial charge in [0.05, 0.1) is 7.11 Å². The van der Waals surface area contributed by atoms with Crippen molar-refractivity contribution < 1.29 is 27.4 Å². The maximum atomic E-state index is 12.0. The largest absolute Gasteiger partial charge is 0.573 e. The van der Waals surface area contributed by atoms with Gasteiger partial charge in [0.1, 0.15) is 17.8 Å². The number of halogens is 3. The minimum atomic E-state index is -4.74. The summed E-state index contributed by atoms with van der Waals surface area (Å²) in [6.45, 7) is 0. The zero-order chi connectivity index (χ0) is 12.9. The summed E-state index contributed by atoms with van der Waals surface area (Å²) >= 11 is 0. The molecule has 0 amide bonds. The lowest BCUT2D eigenvalue weighted by atomic mass is 10.1. The Labute approximate surface area is 96.1 Å². The van der Waals surface area contributed by atoms with Crippen molar-refractivity contribution in [3.05, 3.63) is 23.8 Å². The number of hydrogen-bond acceptors (Lipinski definition) is 3. The second kappa shape index (κ2) is 5.56. The number of benzene rings is 1. The quantitative estimate of drug-likeness (QED) is 0.751. The van der Waals surface area contributed by atoms with Crippen LogP contribution in [-0.4, -0.2) is 19.8 Å². The Bertz CT molecular complexity index is 388. The van der Waals surface area contributed by atoms with Crippen LogP contribution < -0.4 is 9.47 Å². The maximum absolute atomic E-state index is 12.0. The van der Waals surface area contributed by atoms with Crippen molar-refractivity contribution in [2.75, 3.05) is 7.11 Å². The molecule has 0 saturated heterocycles. The minimum Gasteiger partial charge on any atom is -0.497 e. The standard InChI is InChI=1S/C11H11F3O3/c1-16-9-5-8(3-2-4-15)6-10(7-9)17-11(12,13)14/h4-7H,2-3H2,1H3. The number of alkyl halides is 3. The zero-order valence-corrected chi connectivity index (χ0v) is 9.08. The molecule has 0 aliphatic heterocycles. The zero-order valence-electron chi connectivity index (χ0n) is 9.08. The molecule has 0 aliphatic rings. The second-order valence-corrected chi connectivity index (χ2v) is 3.27. The highest BCUT2D eigenvalue weighted by Crippen LogP contribution is 2.28. The highest BCUT2D eigenvalue weighted by Gasteiger charge is 2.31. The lowest BCUT2D eigenvalue weighted by Crippen LogP contribution is -2.17. The molecule has 1 rings (SSSR count). The third-order valence-electron chi connectivity index (χ3n) is 1.96. The van der Waals surface area contributed by atoms with Crippen LogP contribution in [0.15, 0.2) is 18.2 Å². The molecule has 0 bridgehead atoms. The van der Waals surface area contributed by atoms with Crippen molar-refractivity contribution in [1.82, 2.24) is 0 Å². The van der Waals surface area contributed by atoms with Gasteiger partial charge in [-0.3, -0.25) is 0 Å². The lowest BCUT2D eigenvalue weighted by Gasteiger charge is -2.11. The third-order valence-corrected chi connectivity index (χ3v) is 1.96. The molecule has 0 fully saturated rings. The van der Waals surface area contributed by atoms with Gasteiger partial charge < -0.3 is 14.3 Å². The van der Waals surface area contributed by atoms with E-state index in [0.717, 1.165) is 6.07 Å². The highest BCUT2D eigenvalue weighted by molar-refractivity contribution is 5.50. The van der Waals surface area contributed by atoms with E-state index in [-0.39, 0.29) is 17.9 Å². The fraction of sp³-hybridized carbons (Fsp3) is 0.364. The van der Waals surface area contributed by atoms with E-state index in [2.05, 4.69) is 4.74 Å². The first-order valence-corrected chi connectivity index (χ1v) is 4.82. The molecule has 1 aromatic rings. The van der Waals surface area contributed by atoms with Gasteiger partial charge in [0.15, 0.2) is 0 Å². The van der Waals surface area contributed by atoms with E-state index in [4.69, 9.17) is 4.74 Å².